The molecular weight excluding hydrogens is 641 g/mol. The molecule has 0 radical (unpaired) electrons. The molecule has 0 aliphatic heterocycles. The van der Waals surface area contributed by atoms with Gasteiger partial charge in [-0.1, -0.05) is 127 Å². The van der Waals surface area contributed by atoms with Crippen LogP contribution in [0, 0.1) is 5.82 Å². The van der Waals surface area contributed by atoms with Crippen LogP contribution in [0.2, 0.25) is 0 Å². The Bertz CT molecular complexity index is 2410. The predicted molar refractivity (Wildman–Crippen MR) is 203 cm³/mol. The number of anilines is 1. The maximum atomic E-state index is 13.3. The van der Waals surface area contributed by atoms with Gasteiger partial charge in [-0.3, -0.25) is 0 Å². The zero-order chi connectivity index (χ0) is 35.5. The minimum Gasteiger partial charge on any atom is -0.504 e. The second-order valence-electron chi connectivity index (χ2n) is 12.0. The highest BCUT2D eigenvalue weighted by molar-refractivity contribution is 6.04. The Labute approximate surface area is 293 Å². The Morgan fingerprint density at radius 2 is 0.941 bits per heavy atom. The zero-order valence-corrected chi connectivity index (χ0v) is 27.1. The lowest BCUT2D eigenvalue weighted by Crippen LogP contribution is -1.91. The normalized spacial score (nSPS) is 11.5. The van der Waals surface area contributed by atoms with Gasteiger partial charge in [-0.15, -0.1) is 0 Å². The molecule has 7 heteroatoms. The van der Waals surface area contributed by atoms with E-state index < -0.39 is 28.7 Å². The number of hydrogen-bond acceptors (Lipinski definition) is 6. The van der Waals surface area contributed by atoms with Crippen molar-refractivity contribution in [3.8, 4) is 62.1 Å². The maximum Gasteiger partial charge on any atom is 0.208 e. The Hall–Kier alpha value is -6.99. The van der Waals surface area contributed by atoms with Gasteiger partial charge in [0.1, 0.15) is 5.82 Å². The molecule has 7 aromatic carbocycles. The Balaban J connectivity index is 1.10. The van der Waals surface area contributed by atoms with Crippen molar-refractivity contribution in [2.75, 3.05) is 5.32 Å². The summed E-state index contributed by atoms with van der Waals surface area (Å²) in [5.41, 5.74) is 8.05. The van der Waals surface area contributed by atoms with Gasteiger partial charge in [-0.2, -0.15) is 0 Å². The molecule has 7 aromatic rings. The van der Waals surface area contributed by atoms with E-state index in [2.05, 4.69) is 41.7 Å². The van der Waals surface area contributed by atoms with Gasteiger partial charge in [0.2, 0.25) is 17.2 Å². The number of aromatic hydroxyl groups is 5. The number of nitrogens with one attached hydrogen (secondary N) is 1. The van der Waals surface area contributed by atoms with Gasteiger partial charge in [-0.05, 0) is 74.2 Å². The van der Waals surface area contributed by atoms with Crippen molar-refractivity contribution in [3.05, 3.63) is 162 Å². The van der Waals surface area contributed by atoms with E-state index in [1.54, 1.807) is 36.4 Å². The van der Waals surface area contributed by atoms with Gasteiger partial charge in [0.25, 0.3) is 0 Å². The van der Waals surface area contributed by atoms with Crippen molar-refractivity contribution in [2.24, 2.45) is 0 Å². The van der Waals surface area contributed by atoms with E-state index in [0.717, 1.165) is 55.4 Å². The quantitative estimate of drug-likeness (QED) is 0.0544. The fourth-order valence-electron chi connectivity index (χ4n) is 6.10. The minimum absolute atomic E-state index is 0.189. The summed E-state index contributed by atoms with van der Waals surface area (Å²) in [6, 6.07) is 41.9. The number of fused-ring (bicyclic) bond motifs is 1. The van der Waals surface area contributed by atoms with E-state index in [-0.39, 0.29) is 11.4 Å². The third-order valence-corrected chi connectivity index (χ3v) is 8.82. The van der Waals surface area contributed by atoms with Crippen LogP contribution in [0.15, 0.2) is 140 Å². The van der Waals surface area contributed by atoms with Crippen LogP contribution in [-0.2, 0) is 0 Å². The molecule has 7 rings (SSSR count). The summed E-state index contributed by atoms with van der Waals surface area (Å²) in [7, 11) is 0. The third kappa shape index (κ3) is 6.56. The highest BCUT2D eigenvalue weighted by atomic mass is 19.1. The van der Waals surface area contributed by atoms with Crippen molar-refractivity contribution in [2.45, 2.75) is 0 Å². The van der Waals surface area contributed by atoms with E-state index in [1.807, 2.05) is 73.0 Å². The average Bonchev–Trinajstić information content (AvgIpc) is 3.17. The van der Waals surface area contributed by atoms with Crippen LogP contribution in [0.5, 0.6) is 28.7 Å². The third-order valence-electron chi connectivity index (χ3n) is 8.82. The Morgan fingerprint density at radius 3 is 1.57 bits per heavy atom. The molecule has 0 spiro atoms. The smallest absolute Gasteiger partial charge is 0.208 e. The largest absolute Gasteiger partial charge is 0.504 e. The van der Waals surface area contributed by atoms with Crippen LogP contribution in [0.4, 0.5) is 10.1 Å². The summed E-state index contributed by atoms with van der Waals surface area (Å²) in [5, 5.41) is 55.8. The van der Waals surface area contributed by atoms with Crippen LogP contribution in [0.1, 0.15) is 16.7 Å². The molecule has 0 aromatic heterocycles. The highest BCUT2D eigenvalue weighted by Gasteiger charge is 2.24. The van der Waals surface area contributed by atoms with Crippen LogP contribution in [-0.4, -0.2) is 25.5 Å². The fraction of sp³-hybridized carbons (Fsp3) is 0. The number of halogens is 1. The van der Waals surface area contributed by atoms with Gasteiger partial charge in [-0.25, -0.2) is 4.39 Å². The van der Waals surface area contributed by atoms with Crippen molar-refractivity contribution < 1.29 is 29.9 Å². The number of phenolic OH excluding ortho intramolecular Hbond substituents is 5. The van der Waals surface area contributed by atoms with Gasteiger partial charge in [0, 0.05) is 17.3 Å². The molecule has 0 bridgehead atoms. The van der Waals surface area contributed by atoms with Gasteiger partial charge < -0.3 is 30.8 Å². The molecule has 6 nitrogen and oxygen atoms in total. The first kappa shape index (κ1) is 32.6. The van der Waals surface area contributed by atoms with Crippen molar-refractivity contribution >= 4 is 34.7 Å². The average molecular weight is 674 g/mol. The topological polar surface area (TPSA) is 113 Å². The second kappa shape index (κ2) is 13.9. The second-order valence-corrected chi connectivity index (χ2v) is 12.0. The summed E-state index contributed by atoms with van der Waals surface area (Å²) in [6.07, 6.45) is 7.95. The molecule has 0 atom stereocenters. The molecule has 0 aliphatic rings. The van der Waals surface area contributed by atoms with E-state index in [4.69, 9.17) is 0 Å². The zero-order valence-electron chi connectivity index (χ0n) is 27.1. The fourth-order valence-corrected chi connectivity index (χ4v) is 6.10. The van der Waals surface area contributed by atoms with Crippen molar-refractivity contribution in [3.63, 3.8) is 0 Å². The molecule has 0 saturated carbocycles. The number of hydrogen-bond donors (Lipinski definition) is 6. The lowest BCUT2D eigenvalue weighted by Gasteiger charge is -2.13. The lowest BCUT2D eigenvalue weighted by atomic mass is 9.94. The molecule has 0 aliphatic carbocycles. The molecular formula is C44H32FNO5. The maximum absolute atomic E-state index is 13.3. The Kier molecular flexibility index (Phi) is 8.85. The molecule has 51 heavy (non-hydrogen) atoms. The lowest BCUT2D eigenvalue weighted by molar-refractivity contribution is 0.330. The van der Waals surface area contributed by atoms with Crippen LogP contribution < -0.4 is 5.32 Å². The monoisotopic (exact) mass is 673 g/mol. The molecule has 0 saturated heterocycles. The summed E-state index contributed by atoms with van der Waals surface area (Å²) in [5.74, 6) is -4.55. The Morgan fingerprint density at radius 1 is 0.431 bits per heavy atom. The molecule has 0 amide bonds. The summed E-state index contributed by atoms with van der Waals surface area (Å²) >= 11 is 0. The summed E-state index contributed by atoms with van der Waals surface area (Å²) in [4.78, 5) is 0. The van der Waals surface area contributed by atoms with Gasteiger partial charge in [0.05, 0.1) is 5.56 Å². The van der Waals surface area contributed by atoms with Crippen LogP contribution in [0.3, 0.4) is 0 Å². The van der Waals surface area contributed by atoms with Crippen LogP contribution >= 0.6 is 0 Å². The predicted octanol–water partition coefficient (Wildman–Crippen LogP) is 10.8. The van der Waals surface area contributed by atoms with E-state index >= 15 is 0 Å². The summed E-state index contributed by atoms with van der Waals surface area (Å²) < 4.78 is 13.3. The molecule has 0 heterocycles. The van der Waals surface area contributed by atoms with Crippen molar-refractivity contribution in [1.82, 2.24) is 0 Å². The van der Waals surface area contributed by atoms with E-state index in [1.165, 1.54) is 12.1 Å². The molecule has 250 valence electrons. The number of phenols is 5. The minimum atomic E-state index is -0.993. The molecule has 6 N–H and O–H groups in total. The summed E-state index contributed by atoms with van der Waals surface area (Å²) in [6.45, 7) is 0. The van der Waals surface area contributed by atoms with Gasteiger partial charge >= 0.3 is 0 Å². The first-order valence-corrected chi connectivity index (χ1v) is 16.2. The van der Waals surface area contributed by atoms with E-state index in [0.29, 0.717) is 5.56 Å². The molecule has 0 fully saturated rings. The standard InChI is InChI=1S/C44H32FNO5/c45-34-21-10-27(11-22-34)9-12-28-5-1-2-6-29(28)25-26-46-38-24-23-35(36-7-3-4-8-37(36)38)32-17-13-30(14-18-32)31-15-19-33(20-16-31)39-40(47)42(49)44(51)43(50)41(39)48/h1-26,46-51H/b12-9-,26-25+. The van der Waals surface area contributed by atoms with Gasteiger partial charge in [0.15, 0.2) is 11.5 Å². The molecule has 0 unspecified atom stereocenters. The SMILES string of the molecule is Oc1c(O)c(O)c(-c2ccc(-c3ccc(-c4ccc(N/C=C/c5ccccc5/C=C\c5ccc(F)cc5)c5ccccc45)cc3)cc2)c(O)c1O. The highest BCUT2D eigenvalue weighted by Crippen LogP contribution is 2.54. The van der Waals surface area contributed by atoms with E-state index in [9.17, 15) is 29.9 Å². The van der Waals surface area contributed by atoms with Crippen molar-refractivity contribution in [1.29, 1.82) is 0 Å². The first-order chi connectivity index (χ1) is 24.8. The number of benzene rings is 7. The first-order valence-electron chi connectivity index (χ1n) is 16.2. The number of rotatable bonds is 8. The van der Waals surface area contributed by atoms with Crippen LogP contribution in [0.25, 0.3) is 62.4 Å².